The lowest BCUT2D eigenvalue weighted by Crippen LogP contribution is -2.48. The largest absolute Gasteiger partial charge is 0.394 e. The highest BCUT2D eigenvalue weighted by atomic mass is 32.1. The van der Waals surface area contributed by atoms with Crippen molar-refractivity contribution in [2.45, 2.75) is 25.3 Å². The van der Waals surface area contributed by atoms with Gasteiger partial charge in [0.2, 0.25) is 0 Å². The summed E-state index contributed by atoms with van der Waals surface area (Å²) in [6.07, 6.45) is 4.38. The molecule has 1 unspecified atom stereocenters. The van der Waals surface area contributed by atoms with E-state index in [4.69, 9.17) is 0 Å². The second-order valence-electron chi connectivity index (χ2n) is 6.22. The van der Waals surface area contributed by atoms with Gasteiger partial charge in [-0.2, -0.15) is 0 Å². The lowest BCUT2D eigenvalue weighted by Gasteiger charge is -2.35. The average molecular weight is 370 g/mol. The van der Waals surface area contributed by atoms with E-state index in [1.165, 1.54) is 11.3 Å². The summed E-state index contributed by atoms with van der Waals surface area (Å²) >= 11 is 1.50. The number of aliphatic hydroxyl groups excluding tert-OH is 1. The first kappa shape index (κ1) is 18.4. The SMILES string of the molecule is O=C(N/C(=C\c1cccs1)C(=O)N1CCCCC1CO)c1ccccc1. The molecule has 1 aromatic heterocycles. The van der Waals surface area contributed by atoms with Crippen LogP contribution in [0.4, 0.5) is 0 Å². The fraction of sp³-hybridized carbons (Fsp3) is 0.300. The molecule has 0 spiro atoms. The lowest BCUT2D eigenvalue weighted by molar-refractivity contribution is -0.132. The van der Waals surface area contributed by atoms with Crippen molar-refractivity contribution in [1.29, 1.82) is 0 Å². The molecule has 26 heavy (non-hydrogen) atoms. The van der Waals surface area contributed by atoms with Crippen molar-refractivity contribution < 1.29 is 14.7 Å². The molecule has 0 aliphatic carbocycles. The van der Waals surface area contributed by atoms with E-state index in [1.807, 2.05) is 23.6 Å². The second-order valence-corrected chi connectivity index (χ2v) is 7.20. The van der Waals surface area contributed by atoms with Gasteiger partial charge in [0.25, 0.3) is 11.8 Å². The number of piperidine rings is 1. The number of benzene rings is 1. The van der Waals surface area contributed by atoms with Gasteiger partial charge in [0, 0.05) is 17.0 Å². The number of thiophene rings is 1. The molecular formula is C20H22N2O3S. The minimum absolute atomic E-state index is 0.0648. The van der Waals surface area contributed by atoms with Crippen molar-refractivity contribution in [3.8, 4) is 0 Å². The van der Waals surface area contributed by atoms with Crippen LogP contribution in [0.25, 0.3) is 6.08 Å². The summed E-state index contributed by atoms with van der Waals surface area (Å²) in [6.45, 7) is 0.525. The van der Waals surface area contributed by atoms with Crippen molar-refractivity contribution in [3.05, 3.63) is 64.0 Å². The minimum atomic E-state index is -0.320. The van der Waals surface area contributed by atoms with Crippen LogP contribution in [0.5, 0.6) is 0 Å². The smallest absolute Gasteiger partial charge is 0.270 e. The zero-order valence-corrected chi connectivity index (χ0v) is 15.2. The van der Waals surface area contributed by atoms with Crippen LogP contribution in [0, 0.1) is 0 Å². The second kappa shape index (κ2) is 8.78. The first-order valence-electron chi connectivity index (χ1n) is 8.72. The molecule has 3 rings (SSSR count). The minimum Gasteiger partial charge on any atom is -0.394 e. The van der Waals surface area contributed by atoms with E-state index in [-0.39, 0.29) is 30.2 Å². The van der Waals surface area contributed by atoms with Crippen molar-refractivity contribution in [2.75, 3.05) is 13.2 Å². The van der Waals surface area contributed by atoms with Crippen LogP contribution in [0.3, 0.4) is 0 Å². The van der Waals surface area contributed by atoms with E-state index in [1.54, 1.807) is 35.2 Å². The molecule has 1 aliphatic heterocycles. The Bertz CT molecular complexity index is 772. The molecule has 0 bridgehead atoms. The third-order valence-corrected chi connectivity index (χ3v) is 5.26. The number of hydrogen-bond donors (Lipinski definition) is 2. The first-order valence-corrected chi connectivity index (χ1v) is 9.60. The van der Waals surface area contributed by atoms with Crippen molar-refractivity contribution in [3.63, 3.8) is 0 Å². The average Bonchev–Trinajstić information content (AvgIpc) is 3.20. The van der Waals surface area contributed by atoms with Gasteiger partial charge in [-0.15, -0.1) is 11.3 Å². The fourth-order valence-electron chi connectivity index (χ4n) is 3.06. The molecule has 1 aromatic carbocycles. The van der Waals surface area contributed by atoms with E-state index < -0.39 is 0 Å². The Morgan fingerprint density at radius 1 is 1.19 bits per heavy atom. The molecule has 0 radical (unpaired) electrons. The van der Waals surface area contributed by atoms with Crippen LogP contribution in [0.2, 0.25) is 0 Å². The van der Waals surface area contributed by atoms with Crippen LogP contribution >= 0.6 is 11.3 Å². The molecule has 1 atom stereocenters. The Balaban J connectivity index is 1.86. The topological polar surface area (TPSA) is 69.6 Å². The summed E-state index contributed by atoms with van der Waals surface area (Å²) in [5.41, 5.74) is 0.733. The van der Waals surface area contributed by atoms with Gasteiger partial charge < -0.3 is 15.3 Å². The number of nitrogens with one attached hydrogen (secondary N) is 1. The standard InChI is InChI=1S/C20H22N2O3S/c23-14-16-9-4-5-11-22(16)20(25)18(13-17-10-6-12-26-17)21-19(24)15-7-2-1-3-8-15/h1-3,6-8,10,12-13,16,23H,4-5,9,11,14H2,(H,21,24)/b18-13-. The molecule has 0 saturated carbocycles. The van der Waals surface area contributed by atoms with Gasteiger partial charge in [0.15, 0.2) is 0 Å². The maximum Gasteiger partial charge on any atom is 0.270 e. The molecule has 6 heteroatoms. The van der Waals surface area contributed by atoms with Gasteiger partial charge in [0.05, 0.1) is 12.6 Å². The predicted octanol–water partition coefficient (Wildman–Crippen LogP) is 2.89. The van der Waals surface area contributed by atoms with Crippen LogP contribution in [-0.2, 0) is 4.79 Å². The summed E-state index contributed by atoms with van der Waals surface area (Å²) in [6, 6.07) is 12.4. The maximum absolute atomic E-state index is 13.1. The quantitative estimate of drug-likeness (QED) is 0.795. The summed E-state index contributed by atoms with van der Waals surface area (Å²) in [4.78, 5) is 28.2. The number of aliphatic hydroxyl groups is 1. The van der Waals surface area contributed by atoms with Crippen LogP contribution in [0.1, 0.15) is 34.5 Å². The van der Waals surface area contributed by atoms with E-state index in [2.05, 4.69) is 5.32 Å². The number of rotatable bonds is 5. The molecule has 5 nitrogen and oxygen atoms in total. The maximum atomic E-state index is 13.1. The third kappa shape index (κ3) is 4.39. The number of nitrogens with zero attached hydrogens (tertiary/aromatic N) is 1. The molecule has 2 heterocycles. The Kier molecular flexibility index (Phi) is 6.20. The van der Waals surface area contributed by atoms with Crippen LogP contribution in [-0.4, -0.2) is 41.0 Å². The monoisotopic (exact) mass is 370 g/mol. The molecule has 1 fully saturated rings. The van der Waals surface area contributed by atoms with Gasteiger partial charge in [-0.05, 0) is 48.9 Å². The van der Waals surface area contributed by atoms with Gasteiger partial charge in [0.1, 0.15) is 5.70 Å². The molecule has 2 N–H and O–H groups in total. The highest BCUT2D eigenvalue weighted by molar-refractivity contribution is 7.10. The van der Waals surface area contributed by atoms with Crippen molar-refractivity contribution in [2.24, 2.45) is 0 Å². The molecule has 1 saturated heterocycles. The zero-order chi connectivity index (χ0) is 18.4. The normalized spacial score (nSPS) is 17.8. The summed E-state index contributed by atoms with van der Waals surface area (Å²) in [5, 5.41) is 14.3. The Morgan fingerprint density at radius 3 is 2.69 bits per heavy atom. The lowest BCUT2D eigenvalue weighted by atomic mass is 10.0. The van der Waals surface area contributed by atoms with E-state index >= 15 is 0 Å². The third-order valence-electron chi connectivity index (χ3n) is 4.44. The molecular weight excluding hydrogens is 348 g/mol. The first-order chi connectivity index (χ1) is 12.7. The van der Waals surface area contributed by atoms with Crippen molar-refractivity contribution >= 4 is 29.2 Å². The van der Waals surface area contributed by atoms with E-state index in [9.17, 15) is 14.7 Å². The number of amides is 2. The zero-order valence-electron chi connectivity index (χ0n) is 14.4. The van der Waals surface area contributed by atoms with Crippen LogP contribution in [0.15, 0.2) is 53.5 Å². The Morgan fingerprint density at radius 2 is 2.00 bits per heavy atom. The van der Waals surface area contributed by atoms with E-state index in [0.717, 1.165) is 24.1 Å². The van der Waals surface area contributed by atoms with Crippen LogP contribution < -0.4 is 5.32 Å². The number of likely N-dealkylation sites (tertiary alicyclic amines) is 1. The Hall–Kier alpha value is -2.44. The molecule has 136 valence electrons. The van der Waals surface area contributed by atoms with Crippen molar-refractivity contribution in [1.82, 2.24) is 10.2 Å². The van der Waals surface area contributed by atoms with Gasteiger partial charge >= 0.3 is 0 Å². The van der Waals surface area contributed by atoms with E-state index in [0.29, 0.717) is 12.1 Å². The molecule has 1 aliphatic rings. The highest BCUT2D eigenvalue weighted by Crippen LogP contribution is 2.20. The van der Waals surface area contributed by atoms with Gasteiger partial charge in [-0.1, -0.05) is 24.3 Å². The fourth-order valence-corrected chi connectivity index (χ4v) is 3.72. The number of carbonyl (C=O) groups is 2. The Labute approximate surface area is 157 Å². The van der Waals surface area contributed by atoms with Gasteiger partial charge in [-0.3, -0.25) is 9.59 Å². The highest BCUT2D eigenvalue weighted by Gasteiger charge is 2.29. The molecule has 2 amide bonds. The number of carbonyl (C=O) groups excluding carboxylic acids is 2. The molecule has 2 aromatic rings. The van der Waals surface area contributed by atoms with Gasteiger partial charge in [-0.25, -0.2) is 0 Å². The predicted molar refractivity (Wildman–Crippen MR) is 103 cm³/mol. The summed E-state index contributed by atoms with van der Waals surface area (Å²) in [7, 11) is 0. The summed E-state index contributed by atoms with van der Waals surface area (Å²) < 4.78 is 0. The summed E-state index contributed by atoms with van der Waals surface area (Å²) in [5.74, 6) is -0.569. The number of hydrogen-bond acceptors (Lipinski definition) is 4.